The number of aliphatic imine (C=N–C) groups is 1. The number of methoxy groups -OCH3 is 2. The third-order valence-electron chi connectivity index (χ3n) is 5.74. The van der Waals surface area contributed by atoms with Crippen molar-refractivity contribution >= 4 is 34.6 Å². The fourth-order valence-electron chi connectivity index (χ4n) is 4.05. The predicted octanol–water partition coefficient (Wildman–Crippen LogP) is 5.95. The average Bonchev–Trinajstić information content (AvgIpc) is 3.10. The fraction of sp³-hybridized carbons (Fsp3) is 0.360. The van der Waals surface area contributed by atoms with Crippen molar-refractivity contribution < 1.29 is 14.3 Å². The topological polar surface area (TPSA) is 51.1 Å². The van der Waals surface area contributed by atoms with Crippen molar-refractivity contribution in [1.82, 2.24) is 4.90 Å². The highest BCUT2D eigenvalue weighted by Crippen LogP contribution is 2.39. The molecule has 1 aliphatic carbocycles. The van der Waals surface area contributed by atoms with Crippen LogP contribution in [0.4, 0.5) is 5.69 Å². The Hall–Kier alpha value is -2.73. The van der Waals surface area contributed by atoms with E-state index in [1.165, 1.54) is 23.7 Å². The molecule has 2 aromatic rings. The predicted molar refractivity (Wildman–Crippen MR) is 127 cm³/mol. The van der Waals surface area contributed by atoms with Crippen molar-refractivity contribution in [2.24, 2.45) is 4.99 Å². The molecule has 5 nitrogen and oxygen atoms in total. The molecule has 1 amide bonds. The number of hydrogen-bond donors (Lipinski definition) is 0. The molecule has 2 aliphatic rings. The molecule has 0 N–H and O–H groups in total. The summed E-state index contributed by atoms with van der Waals surface area (Å²) < 4.78 is 10.7. The van der Waals surface area contributed by atoms with Crippen LogP contribution in [0.1, 0.15) is 43.2 Å². The quantitative estimate of drug-likeness (QED) is 0.544. The molecule has 1 saturated carbocycles. The molecule has 1 saturated heterocycles. The van der Waals surface area contributed by atoms with Gasteiger partial charge in [-0.15, -0.1) is 0 Å². The molecule has 1 heterocycles. The van der Waals surface area contributed by atoms with Gasteiger partial charge in [-0.2, -0.15) is 0 Å². The number of carbonyl (C=O) groups excluding carboxylic acids is 1. The number of nitrogens with zero attached hydrogens (tertiary/aromatic N) is 2. The zero-order valence-corrected chi connectivity index (χ0v) is 19.1. The molecule has 6 heteroatoms. The maximum absolute atomic E-state index is 13.4. The number of benzene rings is 2. The minimum absolute atomic E-state index is 0.0394. The molecule has 162 valence electrons. The van der Waals surface area contributed by atoms with Crippen molar-refractivity contribution in [1.29, 1.82) is 0 Å². The standard InChI is InChI=1S/C25H28N2O3S/c1-17-9-12-19(13-10-17)26-25-27(20-7-5-4-6-8-20)24(28)23(31-25)16-18-11-14-21(29-2)22(15-18)30-3/h9-16,20H,4-8H2,1-3H3/b23-16+,26-25?. The highest BCUT2D eigenvalue weighted by molar-refractivity contribution is 8.18. The summed E-state index contributed by atoms with van der Waals surface area (Å²) in [5.41, 5.74) is 2.96. The number of rotatable bonds is 5. The van der Waals surface area contributed by atoms with Crippen LogP contribution in [0, 0.1) is 6.92 Å². The lowest BCUT2D eigenvalue weighted by atomic mass is 9.94. The molecule has 31 heavy (non-hydrogen) atoms. The Balaban J connectivity index is 1.69. The monoisotopic (exact) mass is 436 g/mol. The summed E-state index contributed by atoms with van der Waals surface area (Å²) in [6.45, 7) is 2.06. The van der Waals surface area contributed by atoms with Gasteiger partial charge in [-0.05, 0) is 67.4 Å². The van der Waals surface area contributed by atoms with Gasteiger partial charge in [-0.3, -0.25) is 9.69 Å². The van der Waals surface area contributed by atoms with Gasteiger partial charge in [0.1, 0.15) is 0 Å². The summed E-state index contributed by atoms with van der Waals surface area (Å²) in [5.74, 6) is 1.35. The van der Waals surface area contributed by atoms with Crippen LogP contribution in [0.15, 0.2) is 52.4 Å². The van der Waals surface area contributed by atoms with Crippen LogP contribution in [-0.2, 0) is 4.79 Å². The summed E-state index contributed by atoms with van der Waals surface area (Å²) in [6.07, 6.45) is 7.54. The molecular formula is C25H28N2O3S. The molecule has 4 rings (SSSR count). The molecule has 0 radical (unpaired) electrons. The number of aryl methyl sites for hydroxylation is 1. The highest BCUT2D eigenvalue weighted by atomic mass is 32.2. The van der Waals surface area contributed by atoms with Gasteiger partial charge < -0.3 is 9.47 Å². The van der Waals surface area contributed by atoms with Crippen LogP contribution < -0.4 is 9.47 Å². The number of thioether (sulfide) groups is 1. The van der Waals surface area contributed by atoms with E-state index in [2.05, 4.69) is 6.92 Å². The number of ether oxygens (including phenoxy) is 2. The zero-order chi connectivity index (χ0) is 21.8. The van der Waals surface area contributed by atoms with E-state index in [0.29, 0.717) is 16.4 Å². The van der Waals surface area contributed by atoms with Crippen LogP contribution in [0.2, 0.25) is 0 Å². The van der Waals surface area contributed by atoms with Gasteiger partial charge in [0.05, 0.1) is 24.8 Å². The van der Waals surface area contributed by atoms with E-state index in [-0.39, 0.29) is 11.9 Å². The summed E-state index contributed by atoms with van der Waals surface area (Å²) in [5, 5.41) is 0.771. The van der Waals surface area contributed by atoms with Gasteiger partial charge in [-0.1, -0.05) is 43.0 Å². The Bertz CT molecular complexity index is 1010. The molecule has 0 atom stereocenters. The van der Waals surface area contributed by atoms with Crippen molar-refractivity contribution in [2.75, 3.05) is 14.2 Å². The first-order valence-corrected chi connectivity index (χ1v) is 11.5. The van der Waals surface area contributed by atoms with Gasteiger partial charge in [0.25, 0.3) is 5.91 Å². The second-order valence-electron chi connectivity index (χ2n) is 7.92. The maximum Gasteiger partial charge on any atom is 0.267 e. The normalized spacial score (nSPS) is 20.0. The second-order valence-corrected chi connectivity index (χ2v) is 8.93. The second kappa shape index (κ2) is 9.60. The number of carbonyl (C=O) groups is 1. The smallest absolute Gasteiger partial charge is 0.267 e. The summed E-state index contributed by atoms with van der Waals surface area (Å²) in [4.78, 5) is 20.9. The lowest BCUT2D eigenvalue weighted by Gasteiger charge is -2.30. The molecule has 0 bridgehead atoms. The summed E-state index contributed by atoms with van der Waals surface area (Å²) in [7, 11) is 3.23. The van der Waals surface area contributed by atoms with Gasteiger partial charge in [0.2, 0.25) is 0 Å². The Morgan fingerprint density at radius 3 is 2.39 bits per heavy atom. The molecule has 0 spiro atoms. The molecule has 2 aromatic carbocycles. The SMILES string of the molecule is COc1ccc(/C=C2/SC(=Nc3ccc(C)cc3)N(C3CCCCC3)C2=O)cc1OC. The number of amides is 1. The van der Waals surface area contributed by atoms with E-state index in [4.69, 9.17) is 14.5 Å². The molecule has 2 fully saturated rings. The van der Waals surface area contributed by atoms with Gasteiger partial charge in [-0.25, -0.2) is 4.99 Å². The van der Waals surface area contributed by atoms with Crippen LogP contribution in [0.25, 0.3) is 6.08 Å². The Labute approximate surface area is 188 Å². The lowest BCUT2D eigenvalue weighted by Crippen LogP contribution is -2.40. The number of amidine groups is 1. The van der Waals surface area contributed by atoms with Gasteiger partial charge in [0.15, 0.2) is 16.7 Å². The zero-order valence-electron chi connectivity index (χ0n) is 18.3. The third kappa shape index (κ3) is 4.79. The third-order valence-corrected chi connectivity index (χ3v) is 6.72. The van der Waals surface area contributed by atoms with E-state index in [0.717, 1.165) is 42.1 Å². The van der Waals surface area contributed by atoms with Crippen molar-refractivity contribution in [2.45, 2.75) is 45.1 Å². The van der Waals surface area contributed by atoms with E-state index >= 15 is 0 Å². The first-order valence-electron chi connectivity index (χ1n) is 10.7. The van der Waals surface area contributed by atoms with Crippen LogP contribution in [0.3, 0.4) is 0 Å². The van der Waals surface area contributed by atoms with Crippen LogP contribution in [-0.4, -0.2) is 36.2 Å². The van der Waals surface area contributed by atoms with Crippen molar-refractivity contribution in [3.63, 3.8) is 0 Å². The largest absolute Gasteiger partial charge is 0.493 e. The first kappa shape index (κ1) is 21.5. The minimum atomic E-state index is 0.0394. The maximum atomic E-state index is 13.4. The molecule has 0 aromatic heterocycles. The van der Waals surface area contributed by atoms with E-state index < -0.39 is 0 Å². The lowest BCUT2D eigenvalue weighted by molar-refractivity contribution is -0.124. The number of hydrogen-bond acceptors (Lipinski definition) is 5. The van der Waals surface area contributed by atoms with E-state index in [1.54, 1.807) is 14.2 Å². The Morgan fingerprint density at radius 1 is 1.00 bits per heavy atom. The van der Waals surface area contributed by atoms with Crippen molar-refractivity contribution in [3.05, 3.63) is 58.5 Å². The highest BCUT2D eigenvalue weighted by Gasteiger charge is 2.38. The summed E-state index contributed by atoms with van der Waals surface area (Å²) >= 11 is 1.45. The summed E-state index contributed by atoms with van der Waals surface area (Å²) in [6, 6.07) is 14.0. The Kier molecular flexibility index (Phi) is 6.66. The van der Waals surface area contributed by atoms with Crippen molar-refractivity contribution in [3.8, 4) is 11.5 Å². The fourth-order valence-corrected chi connectivity index (χ4v) is 5.11. The Morgan fingerprint density at radius 2 is 1.71 bits per heavy atom. The average molecular weight is 437 g/mol. The molecular weight excluding hydrogens is 408 g/mol. The van der Waals surface area contributed by atoms with Crippen LogP contribution >= 0.6 is 11.8 Å². The first-order chi connectivity index (χ1) is 15.1. The molecule has 0 unspecified atom stereocenters. The van der Waals surface area contributed by atoms with Gasteiger partial charge >= 0.3 is 0 Å². The van der Waals surface area contributed by atoms with Gasteiger partial charge in [0, 0.05) is 6.04 Å². The molecule has 1 aliphatic heterocycles. The minimum Gasteiger partial charge on any atom is -0.493 e. The van der Waals surface area contributed by atoms with Crippen LogP contribution in [0.5, 0.6) is 11.5 Å². The van der Waals surface area contributed by atoms with E-state index in [9.17, 15) is 4.79 Å². The van der Waals surface area contributed by atoms with E-state index in [1.807, 2.05) is 53.4 Å².